The molecule has 2 fully saturated rings. The zero-order chi connectivity index (χ0) is 7.07. The summed E-state index contributed by atoms with van der Waals surface area (Å²) >= 11 is 0. The van der Waals surface area contributed by atoms with Gasteiger partial charge in [0.05, 0.1) is 0 Å². The van der Waals surface area contributed by atoms with Crippen LogP contribution >= 0.6 is 0 Å². The van der Waals surface area contributed by atoms with Gasteiger partial charge in [-0.05, 0) is 0 Å². The Morgan fingerprint density at radius 1 is 0.308 bits per heavy atom. The van der Waals surface area contributed by atoms with E-state index in [1.54, 1.807) is 0 Å². The van der Waals surface area contributed by atoms with Gasteiger partial charge in [-0.3, -0.25) is 0 Å². The molecule has 0 saturated heterocycles. The van der Waals surface area contributed by atoms with Crippen LogP contribution in [0.25, 0.3) is 0 Å². The topological polar surface area (TPSA) is 0 Å². The van der Waals surface area contributed by atoms with Crippen molar-refractivity contribution < 1.29 is 16.5 Å². The van der Waals surface area contributed by atoms with E-state index < -0.39 is 0 Å². The summed E-state index contributed by atoms with van der Waals surface area (Å²) in [6, 6.07) is 0. The summed E-state index contributed by atoms with van der Waals surface area (Å²) in [5.41, 5.74) is 0. The van der Waals surface area contributed by atoms with Gasteiger partial charge in [-0.1, -0.05) is 64.2 Å². The molecule has 0 nitrogen and oxygen atoms in total. The van der Waals surface area contributed by atoms with E-state index >= 15 is 0 Å². The Morgan fingerprint density at radius 2 is 0.385 bits per heavy atom. The summed E-state index contributed by atoms with van der Waals surface area (Å²) in [5, 5.41) is 0. The predicted molar refractivity (Wildman–Crippen MR) is 59.0 cm³/mol. The van der Waals surface area contributed by atoms with Crippen molar-refractivity contribution in [2.75, 3.05) is 0 Å². The smallest absolute Gasteiger partial charge is 0.358 e. The second-order valence-electron chi connectivity index (χ2n) is 3.54. The molecule has 0 N–H and O–H groups in total. The van der Waals surface area contributed by atoms with Crippen LogP contribution in [-0.2, 0) is 16.5 Å². The second-order valence-corrected chi connectivity index (χ2v) is 3.54. The molecule has 0 heterocycles. The van der Waals surface area contributed by atoms with E-state index in [1.165, 1.54) is 64.2 Å². The van der Waals surface area contributed by atoms with Gasteiger partial charge in [0.25, 0.3) is 0 Å². The van der Waals surface area contributed by atoms with Crippen LogP contribution in [0.2, 0.25) is 0 Å². The van der Waals surface area contributed by atoms with Crippen LogP contribution in [0, 0.1) is 14.9 Å². The van der Waals surface area contributed by atoms with Gasteiger partial charge in [0.2, 0.25) is 0 Å². The number of hydrogen-bond acceptors (Lipinski definition) is 0. The minimum atomic E-state index is 0. The Balaban J connectivity index is -0.000000125. The Hall–Kier alpha value is 0.494. The van der Waals surface area contributed by atoms with Crippen LogP contribution in [0.15, 0.2) is 0 Å². The van der Waals surface area contributed by atoms with Crippen LogP contribution in [0.3, 0.4) is 0 Å². The Labute approximate surface area is 95.8 Å². The zero-order valence-corrected chi connectivity index (χ0v) is 10.4. The SMILES string of the molecule is C1CCCC1.C1CCCC1.[CH3-].[CH3-].[Ni+2]. The van der Waals surface area contributed by atoms with Gasteiger partial charge < -0.3 is 14.9 Å². The van der Waals surface area contributed by atoms with Gasteiger partial charge in [0, 0.05) is 0 Å². The van der Waals surface area contributed by atoms with Crippen molar-refractivity contribution in [2.24, 2.45) is 0 Å². The van der Waals surface area contributed by atoms with Crippen molar-refractivity contribution in [2.45, 2.75) is 64.2 Å². The van der Waals surface area contributed by atoms with Crippen LogP contribution in [0.1, 0.15) is 64.2 Å². The fourth-order valence-corrected chi connectivity index (χ4v) is 1.77. The molecule has 0 radical (unpaired) electrons. The van der Waals surface area contributed by atoms with Crippen molar-refractivity contribution >= 4 is 0 Å². The van der Waals surface area contributed by atoms with E-state index in [9.17, 15) is 0 Å². The molecule has 0 aromatic heterocycles. The Bertz CT molecular complexity index is 38.3. The zero-order valence-electron chi connectivity index (χ0n) is 9.39. The molecular formula is C12H26Ni. The summed E-state index contributed by atoms with van der Waals surface area (Å²) in [6.45, 7) is 0. The van der Waals surface area contributed by atoms with Crippen LogP contribution < -0.4 is 0 Å². The van der Waals surface area contributed by atoms with Crippen LogP contribution in [0.4, 0.5) is 0 Å². The molecule has 0 atom stereocenters. The normalized spacial score (nSPS) is 18.5. The van der Waals surface area contributed by atoms with Gasteiger partial charge in [-0.25, -0.2) is 0 Å². The van der Waals surface area contributed by atoms with Crippen molar-refractivity contribution in [3.63, 3.8) is 0 Å². The van der Waals surface area contributed by atoms with Crippen molar-refractivity contribution in [1.82, 2.24) is 0 Å². The molecule has 0 unspecified atom stereocenters. The monoisotopic (exact) mass is 228 g/mol. The summed E-state index contributed by atoms with van der Waals surface area (Å²) < 4.78 is 0. The maximum Gasteiger partial charge on any atom is 2.00 e. The summed E-state index contributed by atoms with van der Waals surface area (Å²) in [4.78, 5) is 0. The van der Waals surface area contributed by atoms with E-state index in [-0.39, 0.29) is 31.3 Å². The van der Waals surface area contributed by atoms with E-state index in [0.29, 0.717) is 0 Å². The third-order valence-corrected chi connectivity index (χ3v) is 2.50. The molecule has 13 heavy (non-hydrogen) atoms. The first-order valence-corrected chi connectivity index (χ1v) is 5.00. The van der Waals surface area contributed by atoms with E-state index in [0.717, 1.165) is 0 Å². The summed E-state index contributed by atoms with van der Waals surface area (Å²) in [6.07, 6.45) is 15.0. The fourth-order valence-electron chi connectivity index (χ4n) is 1.77. The average molecular weight is 229 g/mol. The van der Waals surface area contributed by atoms with Crippen LogP contribution in [-0.4, -0.2) is 0 Å². The molecule has 0 amide bonds. The molecular weight excluding hydrogens is 203 g/mol. The molecule has 84 valence electrons. The summed E-state index contributed by atoms with van der Waals surface area (Å²) in [7, 11) is 0. The first-order chi connectivity index (χ1) is 5.00. The predicted octanol–water partition coefficient (Wildman–Crippen LogP) is 4.80. The number of rotatable bonds is 0. The minimum Gasteiger partial charge on any atom is -0.358 e. The first kappa shape index (κ1) is 19.1. The third kappa shape index (κ3) is 12.5. The van der Waals surface area contributed by atoms with E-state index in [1.807, 2.05) is 0 Å². The summed E-state index contributed by atoms with van der Waals surface area (Å²) in [5.74, 6) is 0. The Morgan fingerprint density at radius 3 is 0.462 bits per heavy atom. The van der Waals surface area contributed by atoms with Gasteiger partial charge in [0.1, 0.15) is 0 Å². The number of hydrogen-bond donors (Lipinski definition) is 0. The van der Waals surface area contributed by atoms with Crippen molar-refractivity contribution in [3.8, 4) is 0 Å². The molecule has 1 heteroatoms. The van der Waals surface area contributed by atoms with E-state index in [4.69, 9.17) is 0 Å². The molecule has 0 bridgehead atoms. The van der Waals surface area contributed by atoms with Gasteiger partial charge >= 0.3 is 16.5 Å². The quantitative estimate of drug-likeness (QED) is 0.413. The molecule has 2 saturated carbocycles. The first-order valence-electron chi connectivity index (χ1n) is 5.00. The maximum absolute atomic E-state index is 1.50. The standard InChI is InChI=1S/2C5H10.2CH3.Ni/c2*1-2-4-5-3-1;;;/h2*1-5H2;2*1H3;/q;;2*-1;+2. The molecule has 2 aliphatic carbocycles. The maximum atomic E-state index is 1.50. The van der Waals surface area contributed by atoms with E-state index in [2.05, 4.69) is 0 Å². The van der Waals surface area contributed by atoms with Crippen LogP contribution in [0.5, 0.6) is 0 Å². The molecule has 2 rings (SSSR count). The van der Waals surface area contributed by atoms with Gasteiger partial charge in [0.15, 0.2) is 0 Å². The molecule has 0 aliphatic heterocycles. The molecule has 0 spiro atoms. The molecule has 2 aliphatic rings. The van der Waals surface area contributed by atoms with Gasteiger partial charge in [-0.2, -0.15) is 0 Å². The van der Waals surface area contributed by atoms with Gasteiger partial charge in [-0.15, -0.1) is 0 Å². The minimum absolute atomic E-state index is 0. The average Bonchev–Trinajstić information content (AvgIpc) is 2.67. The van der Waals surface area contributed by atoms with Crippen molar-refractivity contribution in [1.29, 1.82) is 0 Å². The molecule has 0 aromatic carbocycles. The molecule has 0 aromatic rings. The Kier molecular flexibility index (Phi) is 22.1. The second kappa shape index (κ2) is 15.0. The van der Waals surface area contributed by atoms with Crippen molar-refractivity contribution in [3.05, 3.63) is 14.9 Å². The third-order valence-electron chi connectivity index (χ3n) is 2.50. The fraction of sp³-hybridized carbons (Fsp3) is 0.833. The largest absolute Gasteiger partial charge is 2.00 e.